The molecule has 5 nitrogen and oxygen atoms in total. The summed E-state index contributed by atoms with van der Waals surface area (Å²) in [7, 11) is -2.21. The average Bonchev–Trinajstić information content (AvgIpc) is 3.22. The normalized spacial score (nSPS) is 10.6. The molecule has 0 bridgehead atoms. The first-order valence-corrected chi connectivity index (χ1v) is 20.2. The molecule has 7 aromatic rings. The molecule has 0 aromatic heterocycles. The molecule has 0 atom stereocenters. The van der Waals surface area contributed by atoms with Crippen LogP contribution in [0, 0.1) is 0 Å². The van der Waals surface area contributed by atoms with E-state index < -0.39 is 7.26 Å². The molecule has 0 fully saturated rings. The molecule has 0 spiro atoms. The molecule has 7 aromatic carbocycles. The topological polar surface area (TPSA) is 51.8 Å². The van der Waals surface area contributed by atoms with E-state index in [0.717, 1.165) is 34.4 Å². The van der Waals surface area contributed by atoms with Crippen LogP contribution in [0.5, 0.6) is 23.0 Å². The van der Waals surface area contributed by atoms with Crippen molar-refractivity contribution in [3.05, 3.63) is 194 Å². The number of thiocarbonyl (C=S) groups is 1. The van der Waals surface area contributed by atoms with Gasteiger partial charge in [0.05, 0.1) is 13.2 Å². The van der Waals surface area contributed by atoms with Crippen molar-refractivity contribution in [2.75, 3.05) is 23.8 Å². The van der Waals surface area contributed by atoms with Gasteiger partial charge in [-0.25, -0.2) is 0 Å². The number of nitrogens with one attached hydrogen (secondary N) is 2. The van der Waals surface area contributed by atoms with Crippen molar-refractivity contribution in [1.29, 1.82) is 0 Å². The molecule has 7 rings (SSSR count). The molecule has 0 aliphatic carbocycles. The fourth-order valence-corrected chi connectivity index (χ4v) is 10.7. The zero-order chi connectivity index (χ0) is 37.4. The highest BCUT2D eigenvalue weighted by Crippen LogP contribution is 2.56. The minimum Gasteiger partial charge on any atom is -0.494 e. The number of rotatable bonds is 12. The second kappa shape index (κ2) is 19.2. The molecule has 0 heterocycles. The molecule has 0 saturated carbocycles. The number of para-hydroxylation sites is 2. The molecule has 54 heavy (non-hydrogen) atoms. The molecule has 0 radical (unpaired) electrons. The van der Waals surface area contributed by atoms with Crippen LogP contribution in [0.4, 0.5) is 11.4 Å². The number of hydrogen-bond donors (Lipinski definition) is 2. The van der Waals surface area contributed by atoms with Gasteiger partial charge in [-0.15, -0.1) is 0 Å². The van der Waals surface area contributed by atoms with Crippen molar-refractivity contribution in [2.24, 2.45) is 0 Å². The summed E-state index contributed by atoms with van der Waals surface area (Å²) in [5, 5.41) is 11.9. The van der Waals surface area contributed by atoms with Crippen LogP contribution < -0.4 is 46.1 Å². The second-order valence-electron chi connectivity index (χ2n) is 12.1. The van der Waals surface area contributed by atoms with Crippen molar-refractivity contribution in [1.82, 2.24) is 0 Å². The van der Waals surface area contributed by atoms with Gasteiger partial charge in [0.15, 0.2) is 16.2 Å². The van der Waals surface area contributed by atoms with E-state index in [1.807, 2.05) is 92.7 Å². The summed E-state index contributed by atoms with van der Waals surface area (Å²) in [5.74, 6) is 3.42. The third-order valence-electron chi connectivity index (χ3n) is 8.47. The molecule has 270 valence electrons. The first-order valence-electron chi connectivity index (χ1n) is 18.0. The summed E-state index contributed by atoms with van der Waals surface area (Å²) in [5.41, 5.74) is 1.82. The Morgan fingerprint density at radius 1 is 0.444 bits per heavy atom. The van der Waals surface area contributed by atoms with Gasteiger partial charge in [-0.1, -0.05) is 84.9 Å². The number of hydrogen-bond acceptors (Lipinski definition) is 4. The van der Waals surface area contributed by atoms with Crippen LogP contribution in [-0.4, -0.2) is 18.3 Å². The average molecular weight is 748 g/mol. The molecule has 0 unspecified atom stereocenters. The zero-order valence-electron chi connectivity index (χ0n) is 30.5. The van der Waals surface area contributed by atoms with E-state index in [-0.39, 0.29) is 0 Å². The summed E-state index contributed by atoms with van der Waals surface area (Å²) in [6.07, 6.45) is 0. The summed E-state index contributed by atoms with van der Waals surface area (Å²) in [6.45, 7) is 5.24. The number of benzene rings is 7. The lowest BCUT2D eigenvalue weighted by molar-refractivity contribution is 0.340. The molecule has 0 aliphatic heterocycles. The van der Waals surface area contributed by atoms with Gasteiger partial charge in [-0.05, 0) is 135 Å². The van der Waals surface area contributed by atoms with Gasteiger partial charge in [0.25, 0.3) is 0 Å². The highest BCUT2D eigenvalue weighted by atomic mass is 32.1. The van der Waals surface area contributed by atoms with Crippen molar-refractivity contribution < 1.29 is 14.2 Å². The van der Waals surface area contributed by atoms with Gasteiger partial charge in [-0.2, -0.15) is 0 Å². The minimum absolute atomic E-state index is 0.535. The van der Waals surface area contributed by atoms with Crippen molar-refractivity contribution in [3.8, 4) is 23.0 Å². The predicted molar refractivity (Wildman–Crippen MR) is 233 cm³/mol. The van der Waals surface area contributed by atoms with Gasteiger partial charge in [0.2, 0.25) is 0 Å². The maximum Gasteiger partial charge on any atom is 0.175 e. The molecule has 0 aliphatic rings. The fraction of sp³-hybridized carbons (Fsp3) is 0.0851. The van der Waals surface area contributed by atoms with Crippen molar-refractivity contribution >= 4 is 57.2 Å². The number of ether oxygens (including phenoxy) is 3. The second-order valence-corrected chi connectivity index (χ2v) is 15.8. The molecule has 0 saturated heterocycles. The van der Waals surface area contributed by atoms with Gasteiger partial charge in [0.1, 0.15) is 40.4 Å². The monoisotopic (exact) mass is 747 g/mol. The lowest BCUT2D eigenvalue weighted by Crippen LogP contribution is -2.39. The summed E-state index contributed by atoms with van der Waals surface area (Å²) >= 11 is 5.30. The summed E-state index contributed by atoms with van der Waals surface area (Å²) in [6, 6.07) is 66.5. The Kier molecular flexibility index (Phi) is 13.5. The summed E-state index contributed by atoms with van der Waals surface area (Å²) < 4.78 is 17.3. The van der Waals surface area contributed by atoms with Crippen LogP contribution in [0.2, 0.25) is 0 Å². The Morgan fingerprint density at radius 3 is 1.22 bits per heavy atom. The highest BCUT2D eigenvalue weighted by molar-refractivity contribution is 8.01. The van der Waals surface area contributed by atoms with E-state index in [1.54, 1.807) is 0 Å². The molecular weight excluding hydrogens is 704 g/mol. The van der Waals surface area contributed by atoms with E-state index >= 15 is 0 Å². The van der Waals surface area contributed by atoms with E-state index in [2.05, 4.69) is 126 Å². The van der Waals surface area contributed by atoms with Crippen molar-refractivity contribution in [2.45, 2.75) is 13.8 Å². The smallest absolute Gasteiger partial charge is 0.175 e. The Balaban J connectivity index is 0.000000199. The van der Waals surface area contributed by atoms with Crippen LogP contribution in [0.3, 0.4) is 0 Å². The molecular formula is C47H44N2O3PS+. The van der Waals surface area contributed by atoms with E-state index in [9.17, 15) is 0 Å². The maximum absolute atomic E-state index is 6.51. The maximum atomic E-state index is 6.51. The van der Waals surface area contributed by atoms with Gasteiger partial charge < -0.3 is 24.8 Å². The van der Waals surface area contributed by atoms with Gasteiger partial charge in [-0.3, -0.25) is 0 Å². The standard InChI is InChI=1S/C30H24OP.C17H20N2O2S/c1-5-15-25(16-6-1)31-29-23-13-14-24-30(29)32(26-17-7-2-8-18-26,27-19-9-3-10-20-27)28-21-11-4-12-22-28;1-3-20-15-9-5-13(6-10-15)18-17(22)19-14-7-11-16(12-8-14)21-4-2/h1-24H;5-12H,3-4H2,1-2H3,(H2,18,19,22)/q+1;. The Hall–Kier alpha value is -5.94. The highest BCUT2D eigenvalue weighted by Gasteiger charge is 2.49. The van der Waals surface area contributed by atoms with E-state index in [0.29, 0.717) is 18.3 Å². The zero-order valence-corrected chi connectivity index (χ0v) is 32.2. The molecule has 0 amide bonds. The summed E-state index contributed by atoms with van der Waals surface area (Å²) in [4.78, 5) is 0. The lowest BCUT2D eigenvalue weighted by atomic mass is 10.3. The molecule has 7 heteroatoms. The molecule has 2 N–H and O–H groups in total. The number of anilines is 2. The van der Waals surface area contributed by atoms with E-state index in [4.69, 9.17) is 26.4 Å². The third kappa shape index (κ3) is 9.53. The third-order valence-corrected chi connectivity index (χ3v) is 13.0. The van der Waals surface area contributed by atoms with Crippen molar-refractivity contribution in [3.63, 3.8) is 0 Å². The quantitative estimate of drug-likeness (QED) is 0.0959. The van der Waals surface area contributed by atoms with Crippen LogP contribution in [0.1, 0.15) is 13.8 Å². The Labute approximate surface area is 324 Å². The van der Waals surface area contributed by atoms with Crippen LogP contribution in [0.15, 0.2) is 194 Å². The van der Waals surface area contributed by atoms with Gasteiger partial charge >= 0.3 is 0 Å². The van der Waals surface area contributed by atoms with Gasteiger partial charge in [0, 0.05) is 11.4 Å². The first-order chi connectivity index (χ1) is 26.6. The largest absolute Gasteiger partial charge is 0.494 e. The van der Waals surface area contributed by atoms with Crippen LogP contribution in [0.25, 0.3) is 0 Å². The SMILES string of the molecule is CCOc1ccc(NC(=S)Nc2ccc(OCC)cc2)cc1.c1ccc(Oc2ccccc2[P+](c2ccccc2)(c2ccccc2)c2ccccc2)cc1. The lowest BCUT2D eigenvalue weighted by Gasteiger charge is -2.28. The first kappa shape index (κ1) is 37.8. The van der Waals surface area contributed by atoms with E-state index in [1.165, 1.54) is 21.2 Å². The predicted octanol–water partition coefficient (Wildman–Crippen LogP) is 10.4. The Morgan fingerprint density at radius 2 is 0.815 bits per heavy atom. The van der Waals surface area contributed by atoms with Crippen LogP contribution in [-0.2, 0) is 0 Å². The van der Waals surface area contributed by atoms with Crippen LogP contribution >= 0.6 is 19.5 Å². The fourth-order valence-electron chi connectivity index (χ4n) is 6.15. The minimum atomic E-state index is -2.21. The Bertz CT molecular complexity index is 2020.